The number of carbonyl (C=O) groups excluding carboxylic acids is 1. The third-order valence-electron chi connectivity index (χ3n) is 6.03. The molecule has 0 aliphatic heterocycles. The zero-order valence-corrected chi connectivity index (χ0v) is 23.4. The summed E-state index contributed by atoms with van der Waals surface area (Å²) in [6.45, 7) is 0.120. The van der Waals surface area contributed by atoms with Gasteiger partial charge >= 0.3 is 24.8 Å². The molecule has 7 nitrogen and oxygen atoms in total. The van der Waals surface area contributed by atoms with E-state index in [4.69, 9.17) is 0 Å². The van der Waals surface area contributed by atoms with Crippen molar-refractivity contribution in [2.24, 2.45) is 0 Å². The molecule has 0 bridgehead atoms. The molecule has 0 heterocycles. The molecule has 0 radical (unpaired) electrons. The van der Waals surface area contributed by atoms with E-state index >= 15 is 0 Å². The Morgan fingerprint density at radius 2 is 1.53 bits per heavy atom. The Labute approximate surface area is 242 Å². The Balaban J connectivity index is 0.00000380. The summed E-state index contributed by atoms with van der Waals surface area (Å²) in [5, 5.41) is 10.3. The maximum Gasteiger partial charge on any atom is 1.00 e. The molecule has 0 aromatic heterocycles. The average molecular weight is 549 g/mol. The summed E-state index contributed by atoms with van der Waals surface area (Å²) in [5.41, 5.74) is 0.214. The zero-order valence-electron chi connectivity index (χ0n) is 22.7. The van der Waals surface area contributed by atoms with Crippen LogP contribution in [-0.2, 0) is 21.4 Å². The van der Waals surface area contributed by atoms with Crippen molar-refractivity contribution >= 4 is 33.7 Å². The van der Waals surface area contributed by atoms with E-state index in [2.05, 4.69) is 9.44 Å². The summed E-state index contributed by atoms with van der Waals surface area (Å²) in [4.78, 5) is 26.5. The summed E-state index contributed by atoms with van der Waals surface area (Å²) >= 11 is 1.34. The van der Waals surface area contributed by atoms with Crippen LogP contribution in [0.2, 0.25) is 0 Å². The monoisotopic (exact) mass is 548 g/mol. The van der Waals surface area contributed by atoms with Gasteiger partial charge in [0, 0.05) is 12.1 Å². The van der Waals surface area contributed by atoms with Crippen molar-refractivity contribution in [3.63, 3.8) is 0 Å². The van der Waals surface area contributed by atoms with E-state index in [1.807, 2.05) is 60.7 Å². The van der Waals surface area contributed by atoms with Crippen LogP contribution in [0.1, 0.15) is 36.6 Å². The Kier molecular flexibility index (Phi) is 12.8. The van der Waals surface area contributed by atoms with Gasteiger partial charge in [0.2, 0.25) is 0 Å². The van der Waals surface area contributed by atoms with Gasteiger partial charge < -0.3 is 6.53 Å². The summed E-state index contributed by atoms with van der Waals surface area (Å²) in [6.07, 6.45) is 3.68. The number of hydrogen-bond acceptors (Lipinski definition) is 5. The molecule has 0 fully saturated rings. The predicted molar refractivity (Wildman–Crippen MR) is 150 cm³/mol. The van der Waals surface area contributed by atoms with Crippen LogP contribution in [0.3, 0.4) is 0 Å². The van der Waals surface area contributed by atoms with Gasteiger partial charge in [0.15, 0.2) is 11.3 Å². The Hall–Kier alpha value is -2.38. The maximum absolute atomic E-state index is 13.9. The van der Waals surface area contributed by atoms with E-state index < -0.39 is 27.5 Å². The van der Waals surface area contributed by atoms with E-state index in [0.717, 1.165) is 24.0 Å². The van der Waals surface area contributed by atoms with Crippen LogP contribution in [0.4, 0.5) is 0 Å². The van der Waals surface area contributed by atoms with Crippen molar-refractivity contribution in [2.45, 2.75) is 31.2 Å². The molecule has 0 saturated heterocycles. The molecule has 1 unspecified atom stereocenters. The van der Waals surface area contributed by atoms with Crippen LogP contribution in [0.15, 0.2) is 84.9 Å². The zero-order chi connectivity index (χ0) is 26.7. The second-order valence-corrected chi connectivity index (χ2v) is 11.1. The molecule has 1 atom stereocenters. The molecule has 3 aromatic rings. The number of Topliss-reactive ketones (excluding diaryl/α,β-unsaturated/α-hetero) is 1. The van der Waals surface area contributed by atoms with Gasteiger partial charge in [-0.2, -0.15) is 24.9 Å². The van der Waals surface area contributed by atoms with Crippen molar-refractivity contribution in [3.8, 4) is 11.1 Å². The van der Waals surface area contributed by atoms with Gasteiger partial charge in [0.25, 0.3) is 10.2 Å². The first-order valence-corrected chi connectivity index (χ1v) is 14.9. The molecule has 0 aliphatic carbocycles. The van der Waals surface area contributed by atoms with E-state index in [-0.39, 0.29) is 44.6 Å². The number of aliphatic carboxylic acids is 1. The Morgan fingerprint density at radius 3 is 2.16 bits per heavy atom. The quantitative estimate of drug-likeness (QED) is 0.115. The molecule has 0 aliphatic rings. The predicted octanol–water partition coefficient (Wildman–Crippen LogP) is 1.68. The standard InChI is InChI=1S/C28H32N2O5S2.Li.H/c1-36-21-19-28(27(32)33,26(31)25-18-9-8-17-24(25)23-15-6-3-7-16-23)30-37(34,35)29-20-11-10-14-22-12-4-2-5-13-22;;/h2-9,12-13,15-18,29-30H,10-11,14,19-21H2,1H3,(H,32,33);;/q;+1;-1. The first-order chi connectivity index (χ1) is 17.8. The smallest absolute Gasteiger partial charge is 1.00 e. The van der Waals surface area contributed by atoms with E-state index in [1.54, 1.807) is 24.5 Å². The SMILES string of the molecule is CSCCC(NS(=O)(=O)NCCCCc1ccccc1)(C(=O)O)C(=O)c1ccccc1-c1ccccc1.[H-].[Li+]. The molecule has 198 valence electrons. The molecule has 0 saturated carbocycles. The largest absolute Gasteiger partial charge is 1.00 e. The number of ketones is 1. The summed E-state index contributed by atoms with van der Waals surface area (Å²) in [5.74, 6) is -2.07. The van der Waals surface area contributed by atoms with Crippen molar-refractivity contribution in [3.05, 3.63) is 96.1 Å². The first-order valence-electron chi connectivity index (χ1n) is 12.0. The Morgan fingerprint density at radius 1 is 0.921 bits per heavy atom. The number of rotatable bonds is 15. The second-order valence-electron chi connectivity index (χ2n) is 8.64. The average Bonchev–Trinajstić information content (AvgIpc) is 2.91. The summed E-state index contributed by atoms with van der Waals surface area (Å²) in [7, 11) is -4.30. The topological polar surface area (TPSA) is 113 Å². The summed E-state index contributed by atoms with van der Waals surface area (Å²) < 4.78 is 30.6. The van der Waals surface area contributed by atoms with E-state index in [0.29, 0.717) is 12.0 Å². The van der Waals surface area contributed by atoms with Crippen LogP contribution in [0, 0.1) is 0 Å². The number of thioether (sulfide) groups is 1. The number of carboxylic acid groups (broad SMARTS) is 1. The molecule has 0 spiro atoms. The molecule has 0 amide bonds. The van der Waals surface area contributed by atoms with Gasteiger partial charge in [-0.15, -0.1) is 0 Å². The van der Waals surface area contributed by atoms with Crippen LogP contribution in [0.25, 0.3) is 11.1 Å². The molecule has 3 aromatic carbocycles. The molecular weight excluding hydrogens is 515 g/mol. The fourth-order valence-electron chi connectivity index (χ4n) is 4.07. The number of nitrogens with one attached hydrogen (secondary N) is 2. The first kappa shape index (κ1) is 31.8. The van der Waals surface area contributed by atoms with Gasteiger partial charge in [0.1, 0.15) is 0 Å². The van der Waals surface area contributed by atoms with Crippen molar-refractivity contribution in [1.82, 2.24) is 9.44 Å². The Bertz CT molecular complexity index is 1300. The third-order valence-corrected chi connectivity index (χ3v) is 7.84. The molecule has 10 heteroatoms. The van der Waals surface area contributed by atoms with Crippen molar-refractivity contribution in [2.75, 3.05) is 18.6 Å². The minimum atomic E-state index is -4.30. The number of carbonyl (C=O) groups is 2. The number of hydrogen-bond donors (Lipinski definition) is 3. The number of carboxylic acids is 1. The molecule has 3 rings (SSSR count). The summed E-state index contributed by atoms with van der Waals surface area (Å²) in [6, 6.07) is 25.6. The van der Waals surface area contributed by atoms with Crippen LogP contribution in [0.5, 0.6) is 0 Å². The minimum Gasteiger partial charge on any atom is -1.00 e. The molecule has 3 N–H and O–H groups in total. The normalized spacial score (nSPS) is 12.8. The van der Waals surface area contributed by atoms with Gasteiger partial charge in [0.05, 0.1) is 0 Å². The third kappa shape index (κ3) is 8.57. The molecular formula is C28H33LiN2O5S2. The van der Waals surface area contributed by atoms with Crippen LogP contribution in [-0.4, -0.2) is 49.4 Å². The van der Waals surface area contributed by atoms with E-state index in [9.17, 15) is 23.1 Å². The number of unbranched alkanes of at least 4 members (excludes halogenated alkanes) is 1. The van der Waals surface area contributed by atoms with Crippen LogP contribution < -0.4 is 28.3 Å². The number of aryl methyl sites for hydroxylation is 1. The van der Waals surface area contributed by atoms with Crippen molar-refractivity contribution < 1.29 is 43.4 Å². The van der Waals surface area contributed by atoms with Crippen molar-refractivity contribution in [1.29, 1.82) is 0 Å². The number of benzene rings is 3. The minimum absolute atomic E-state index is 0. The fourth-order valence-corrected chi connectivity index (χ4v) is 5.80. The van der Waals surface area contributed by atoms with Gasteiger partial charge in [-0.3, -0.25) is 4.79 Å². The fraction of sp³-hybridized carbons (Fsp3) is 0.286. The van der Waals surface area contributed by atoms with Gasteiger partial charge in [-0.1, -0.05) is 84.9 Å². The van der Waals surface area contributed by atoms with Gasteiger partial charge in [-0.05, 0) is 54.4 Å². The van der Waals surface area contributed by atoms with Gasteiger partial charge in [-0.25, -0.2) is 9.52 Å². The van der Waals surface area contributed by atoms with E-state index in [1.165, 1.54) is 17.8 Å². The molecule has 38 heavy (non-hydrogen) atoms. The van der Waals surface area contributed by atoms with Crippen LogP contribution >= 0.6 is 11.8 Å². The maximum atomic E-state index is 13.9. The second kappa shape index (κ2) is 15.3.